The van der Waals surface area contributed by atoms with Gasteiger partial charge in [0.2, 0.25) is 11.1 Å². The third-order valence-corrected chi connectivity index (χ3v) is 4.33. The minimum atomic E-state index is -0.219. The normalized spacial score (nSPS) is 18.2. The number of thioether (sulfide) groups is 1. The number of carbonyl (C=O) groups is 1. The first kappa shape index (κ1) is 15.3. The van der Waals surface area contributed by atoms with Crippen molar-refractivity contribution in [2.45, 2.75) is 75.4 Å². The number of nitrogens with zero attached hydrogens (tertiary/aromatic N) is 4. The maximum Gasteiger partial charge on any atom is 0.233 e. The van der Waals surface area contributed by atoms with Crippen molar-refractivity contribution >= 4 is 17.7 Å². The van der Waals surface area contributed by atoms with Gasteiger partial charge in [-0.15, -0.1) is 5.10 Å². The molecule has 1 saturated carbocycles. The van der Waals surface area contributed by atoms with Crippen molar-refractivity contribution in [1.82, 2.24) is 25.5 Å². The number of amides is 1. The van der Waals surface area contributed by atoms with E-state index in [-0.39, 0.29) is 16.7 Å². The van der Waals surface area contributed by atoms with E-state index >= 15 is 0 Å². The zero-order chi connectivity index (χ0) is 14.8. The second kappa shape index (κ2) is 6.11. The van der Waals surface area contributed by atoms with Gasteiger partial charge in [-0.2, -0.15) is 0 Å². The second-order valence-electron chi connectivity index (χ2n) is 6.34. The molecule has 0 saturated heterocycles. The molecule has 1 amide bonds. The average Bonchev–Trinajstić information content (AvgIpc) is 2.95. The van der Waals surface area contributed by atoms with Crippen molar-refractivity contribution in [1.29, 1.82) is 0 Å². The Balaban J connectivity index is 1.99. The van der Waals surface area contributed by atoms with Crippen molar-refractivity contribution in [2.24, 2.45) is 0 Å². The molecule has 1 aromatic heterocycles. The Hall–Kier alpha value is -1.11. The lowest BCUT2D eigenvalue weighted by Crippen LogP contribution is -2.44. The van der Waals surface area contributed by atoms with E-state index < -0.39 is 0 Å². The number of aromatic nitrogens is 4. The highest BCUT2D eigenvalue weighted by Gasteiger charge is 2.25. The largest absolute Gasteiger partial charge is 0.351 e. The van der Waals surface area contributed by atoms with Gasteiger partial charge in [-0.25, -0.2) is 4.68 Å². The van der Waals surface area contributed by atoms with E-state index in [1.54, 1.807) is 0 Å². The van der Waals surface area contributed by atoms with Gasteiger partial charge in [-0.1, -0.05) is 24.6 Å². The van der Waals surface area contributed by atoms with Crippen molar-refractivity contribution in [2.75, 3.05) is 0 Å². The Labute approximate surface area is 124 Å². The molecule has 1 N–H and O–H groups in total. The first-order valence-electron chi connectivity index (χ1n) is 7.13. The molecule has 1 aliphatic rings. The van der Waals surface area contributed by atoms with Crippen LogP contribution >= 0.6 is 11.8 Å². The highest BCUT2D eigenvalue weighted by Crippen LogP contribution is 2.32. The smallest absolute Gasteiger partial charge is 0.233 e. The van der Waals surface area contributed by atoms with Gasteiger partial charge in [-0.3, -0.25) is 4.79 Å². The van der Waals surface area contributed by atoms with Crippen LogP contribution < -0.4 is 5.32 Å². The molecule has 6 nitrogen and oxygen atoms in total. The van der Waals surface area contributed by atoms with E-state index in [1.165, 1.54) is 24.6 Å². The van der Waals surface area contributed by atoms with Crippen LogP contribution in [-0.2, 0) is 4.79 Å². The van der Waals surface area contributed by atoms with Gasteiger partial charge in [0.25, 0.3) is 0 Å². The molecule has 0 aromatic carbocycles. The minimum Gasteiger partial charge on any atom is -0.351 e. The van der Waals surface area contributed by atoms with Crippen LogP contribution in [0.2, 0.25) is 0 Å². The number of hydrogen-bond donors (Lipinski definition) is 1. The third kappa shape index (κ3) is 3.94. The number of carbonyl (C=O) groups excluding carboxylic acids is 1. The lowest BCUT2D eigenvalue weighted by atomic mass is 10.1. The van der Waals surface area contributed by atoms with E-state index in [4.69, 9.17) is 0 Å². The standard InChI is InChI=1S/C13H23N5OS/c1-9(11(19)14-13(2,3)4)20-12-15-16-17-18(12)10-7-5-6-8-10/h9-10H,5-8H2,1-4H3,(H,14,19). The molecule has 20 heavy (non-hydrogen) atoms. The average molecular weight is 297 g/mol. The van der Waals surface area contributed by atoms with Gasteiger partial charge < -0.3 is 5.32 Å². The fourth-order valence-corrected chi connectivity index (χ4v) is 3.18. The molecule has 2 rings (SSSR count). The number of nitrogens with one attached hydrogen (secondary N) is 1. The summed E-state index contributed by atoms with van der Waals surface area (Å²) in [5, 5.41) is 15.4. The lowest BCUT2D eigenvalue weighted by molar-refractivity contribution is -0.121. The molecule has 112 valence electrons. The maximum absolute atomic E-state index is 12.1. The fraction of sp³-hybridized carbons (Fsp3) is 0.846. The molecule has 0 spiro atoms. The van der Waals surface area contributed by atoms with Crippen LogP contribution in [0.5, 0.6) is 0 Å². The Morgan fingerprint density at radius 2 is 2.05 bits per heavy atom. The van der Waals surface area contributed by atoms with E-state index in [9.17, 15) is 4.79 Å². The summed E-state index contributed by atoms with van der Waals surface area (Å²) in [5.74, 6) is 0.0171. The quantitative estimate of drug-likeness (QED) is 0.862. The molecule has 0 bridgehead atoms. The third-order valence-electron chi connectivity index (χ3n) is 3.28. The summed E-state index contributed by atoms with van der Waals surface area (Å²) in [6.07, 6.45) is 4.71. The van der Waals surface area contributed by atoms with Crippen molar-refractivity contribution in [3.63, 3.8) is 0 Å². The van der Waals surface area contributed by atoms with E-state index in [0.29, 0.717) is 6.04 Å². The molecular weight excluding hydrogens is 274 g/mol. The van der Waals surface area contributed by atoms with Crippen LogP contribution in [0.4, 0.5) is 0 Å². The van der Waals surface area contributed by atoms with Crippen molar-refractivity contribution in [3.05, 3.63) is 0 Å². The monoisotopic (exact) mass is 297 g/mol. The highest BCUT2D eigenvalue weighted by atomic mass is 32.2. The highest BCUT2D eigenvalue weighted by molar-refractivity contribution is 8.00. The Morgan fingerprint density at radius 3 is 2.65 bits per heavy atom. The molecule has 1 heterocycles. The van der Waals surface area contributed by atoms with Gasteiger partial charge in [0, 0.05) is 5.54 Å². The predicted octanol–water partition coefficient (Wildman–Crippen LogP) is 2.18. The number of tetrazole rings is 1. The zero-order valence-electron chi connectivity index (χ0n) is 12.6. The summed E-state index contributed by atoms with van der Waals surface area (Å²) < 4.78 is 1.89. The van der Waals surface area contributed by atoms with Crippen LogP contribution in [-0.4, -0.2) is 36.9 Å². The topological polar surface area (TPSA) is 72.7 Å². The molecule has 0 radical (unpaired) electrons. The van der Waals surface area contributed by atoms with Gasteiger partial charge in [0.05, 0.1) is 11.3 Å². The second-order valence-corrected chi connectivity index (χ2v) is 7.65. The molecular formula is C13H23N5OS. The van der Waals surface area contributed by atoms with E-state index in [0.717, 1.165) is 18.0 Å². The van der Waals surface area contributed by atoms with Crippen LogP contribution in [0.25, 0.3) is 0 Å². The molecule has 1 fully saturated rings. The molecule has 7 heteroatoms. The first-order chi connectivity index (χ1) is 9.37. The molecule has 1 unspecified atom stereocenters. The van der Waals surface area contributed by atoms with Gasteiger partial charge >= 0.3 is 0 Å². The molecule has 1 aromatic rings. The summed E-state index contributed by atoms with van der Waals surface area (Å²) >= 11 is 1.43. The number of hydrogen-bond acceptors (Lipinski definition) is 5. The van der Waals surface area contributed by atoms with Gasteiger partial charge in [0.15, 0.2) is 0 Å². The summed E-state index contributed by atoms with van der Waals surface area (Å²) in [7, 11) is 0. The van der Waals surface area contributed by atoms with Crippen LogP contribution in [0.3, 0.4) is 0 Å². The fourth-order valence-electron chi connectivity index (χ4n) is 2.32. The zero-order valence-corrected chi connectivity index (χ0v) is 13.4. The Kier molecular flexibility index (Phi) is 4.67. The minimum absolute atomic E-state index is 0.0171. The van der Waals surface area contributed by atoms with E-state index in [1.807, 2.05) is 32.4 Å². The predicted molar refractivity (Wildman–Crippen MR) is 78.5 cm³/mol. The van der Waals surface area contributed by atoms with Crippen molar-refractivity contribution in [3.8, 4) is 0 Å². The van der Waals surface area contributed by atoms with Crippen molar-refractivity contribution < 1.29 is 4.79 Å². The Morgan fingerprint density at radius 1 is 1.40 bits per heavy atom. The van der Waals surface area contributed by atoms with E-state index in [2.05, 4.69) is 20.8 Å². The molecule has 1 atom stereocenters. The SMILES string of the molecule is CC(Sc1nnnn1C1CCCC1)C(=O)NC(C)(C)C. The summed E-state index contributed by atoms with van der Waals surface area (Å²) in [6, 6.07) is 0.394. The van der Waals surface area contributed by atoms with Gasteiger partial charge in [0.1, 0.15) is 0 Å². The van der Waals surface area contributed by atoms with Crippen LogP contribution in [0, 0.1) is 0 Å². The van der Waals surface area contributed by atoms with Gasteiger partial charge in [-0.05, 0) is 51.0 Å². The summed E-state index contributed by atoms with van der Waals surface area (Å²) in [5.41, 5.74) is -0.219. The Bertz CT molecular complexity index is 462. The van der Waals surface area contributed by atoms with Crippen LogP contribution in [0.15, 0.2) is 5.16 Å². The molecule has 1 aliphatic carbocycles. The summed E-state index contributed by atoms with van der Waals surface area (Å²) in [6.45, 7) is 7.82. The molecule has 0 aliphatic heterocycles. The van der Waals surface area contributed by atoms with Crippen LogP contribution in [0.1, 0.15) is 59.4 Å². The lowest BCUT2D eigenvalue weighted by Gasteiger charge is -2.23. The summed E-state index contributed by atoms with van der Waals surface area (Å²) in [4.78, 5) is 12.1. The number of rotatable bonds is 4. The maximum atomic E-state index is 12.1. The first-order valence-corrected chi connectivity index (χ1v) is 8.01.